The summed E-state index contributed by atoms with van der Waals surface area (Å²) in [5.74, 6) is 1.52. The van der Waals surface area contributed by atoms with Crippen LogP contribution in [-0.4, -0.2) is 71.2 Å². The van der Waals surface area contributed by atoms with Crippen LogP contribution in [0.15, 0.2) is 59.0 Å². The van der Waals surface area contributed by atoms with Crippen molar-refractivity contribution in [2.75, 3.05) is 44.2 Å². The molecule has 8 heteroatoms. The van der Waals surface area contributed by atoms with Crippen LogP contribution in [0.25, 0.3) is 22.9 Å². The molecule has 0 saturated carbocycles. The van der Waals surface area contributed by atoms with E-state index in [1.165, 1.54) is 0 Å². The number of halogens is 1. The molecule has 7 nitrogen and oxygen atoms in total. The molecule has 0 unspecified atom stereocenters. The van der Waals surface area contributed by atoms with Crippen LogP contribution in [0, 0.1) is 5.92 Å². The molecule has 186 valence electrons. The van der Waals surface area contributed by atoms with Crippen LogP contribution in [0.3, 0.4) is 0 Å². The number of piperidine rings is 1. The molecule has 5 rings (SSSR count). The van der Waals surface area contributed by atoms with E-state index in [9.17, 15) is 4.79 Å². The van der Waals surface area contributed by atoms with Gasteiger partial charge in [0.15, 0.2) is 0 Å². The fourth-order valence-electron chi connectivity index (χ4n) is 4.97. The van der Waals surface area contributed by atoms with E-state index in [1.54, 1.807) is 0 Å². The number of piperazine rings is 1. The van der Waals surface area contributed by atoms with E-state index >= 15 is 0 Å². The van der Waals surface area contributed by atoms with Crippen LogP contribution < -0.4 is 4.90 Å². The summed E-state index contributed by atoms with van der Waals surface area (Å²) in [5.41, 5.74) is 2.96. The maximum atomic E-state index is 13.1. The molecule has 1 amide bonds. The van der Waals surface area contributed by atoms with Crippen molar-refractivity contribution in [1.82, 2.24) is 20.0 Å². The molecule has 0 atom stereocenters. The SMILES string of the molecule is CC(C)N1CCN(C(=O)C2CCN(c3cccc(-c4nnc(-c5ccccc5)o4)c3)CC2)CC1.Cl. The first-order valence-corrected chi connectivity index (χ1v) is 12.4. The van der Waals surface area contributed by atoms with E-state index < -0.39 is 0 Å². The highest BCUT2D eigenvalue weighted by Crippen LogP contribution is 2.30. The molecule has 1 aromatic heterocycles. The standard InChI is InChI=1S/C27H33N5O2.ClH/c1-20(2)30-15-17-32(18-16-30)27(33)22-11-13-31(14-12-22)24-10-6-9-23(19-24)26-29-28-25(34-26)21-7-4-3-5-8-21;/h3-10,19-20,22H,11-18H2,1-2H3;1H. The Labute approximate surface area is 213 Å². The van der Waals surface area contributed by atoms with Gasteiger partial charge in [0.2, 0.25) is 17.7 Å². The van der Waals surface area contributed by atoms with Crippen molar-refractivity contribution in [2.45, 2.75) is 32.7 Å². The van der Waals surface area contributed by atoms with Crippen molar-refractivity contribution in [3.63, 3.8) is 0 Å². The summed E-state index contributed by atoms with van der Waals surface area (Å²) in [5, 5.41) is 8.48. The van der Waals surface area contributed by atoms with E-state index in [1.807, 2.05) is 42.5 Å². The van der Waals surface area contributed by atoms with Gasteiger partial charge in [-0.05, 0) is 57.0 Å². The minimum absolute atomic E-state index is 0. The number of nitrogens with zero attached hydrogens (tertiary/aromatic N) is 5. The number of anilines is 1. The minimum atomic E-state index is 0. The number of carbonyl (C=O) groups is 1. The first-order chi connectivity index (χ1) is 16.6. The van der Waals surface area contributed by atoms with Crippen molar-refractivity contribution in [3.05, 3.63) is 54.6 Å². The molecule has 35 heavy (non-hydrogen) atoms. The monoisotopic (exact) mass is 495 g/mol. The predicted octanol–water partition coefficient (Wildman–Crippen LogP) is 4.59. The summed E-state index contributed by atoms with van der Waals surface area (Å²) in [6.07, 6.45) is 1.79. The van der Waals surface area contributed by atoms with Gasteiger partial charge >= 0.3 is 0 Å². The second-order valence-corrected chi connectivity index (χ2v) is 9.55. The summed E-state index contributed by atoms with van der Waals surface area (Å²) in [6, 6.07) is 18.6. The van der Waals surface area contributed by atoms with Crippen LogP contribution in [-0.2, 0) is 4.79 Å². The van der Waals surface area contributed by atoms with Crippen molar-refractivity contribution in [2.24, 2.45) is 5.92 Å². The maximum absolute atomic E-state index is 13.1. The Morgan fingerprint density at radius 3 is 2.14 bits per heavy atom. The number of hydrogen-bond donors (Lipinski definition) is 0. The van der Waals surface area contributed by atoms with Gasteiger partial charge in [-0.2, -0.15) is 0 Å². The first kappa shape index (κ1) is 25.2. The molecule has 2 fully saturated rings. The van der Waals surface area contributed by atoms with E-state index in [0.29, 0.717) is 23.7 Å². The normalized spacial score (nSPS) is 17.5. The van der Waals surface area contributed by atoms with E-state index in [-0.39, 0.29) is 18.3 Å². The van der Waals surface area contributed by atoms with Gasteiger partial charge in [-0.15, -0.1) is 22.6 Å². The van der Waals surface area contributed by atoms with Crippen LogP contribution in [0.4, 0.5) is 5.69 Å². The molecular weight excluding hydrogens is 462 g/mol. The van der Waals surface area contributed by atoms with Gasteiger partial charge in [0.05, 0.1) is 0 Å². The highest BCUT2D eigenvalue weighted by molar-refractivity contribution is 5.85. The zero-order chi connectivity index (χ0) is 23.5. The lowest BCUT2D eigenvalue weighted by Gasteiger charge is -2.40. The van der Waals surface area contributed by atoms with Crippen molar-refractivity contribution in [3.8, 4) is 22.9 Å². The Morgan fingerprint density at radius 1 is 0.857 bits per heavy atom. The average Bonchev–Trinajstić information content (AvgIpc) is 3.40. The second kappa shape index (κ2) is 11.2. The molecule has 0 aliphatic carbocycles. The maximum Gasteiger partial charge on any atom is 0.248 e. The third kappa shape index (κ3) is 5.68. The van der Waals surface area contributed by atoms with Gasteiger partial charge in [-0.25, -0.2) is 0 Å². The Hall–Kier alpha value is -2.90. The average molecular weight is 496 g/mol. The lowest BCUT2D eigenvalue weighted by molar-refractivity contribution is -0.138. The molecule has 2 aromatic carbocycles. The summed E-state index contributed by atoms with van der Waals surface area (Å²) in [7, 11) is 0. The van der Waals surface area contributed by atoms with Crippen LogP contribution >= 0.6 is 12.4 Å². The highest BCUT2D eigenvalue weighted by Gasteiger charge is 2.31. The number of amides is 1. The van der Waals surface area contributed by atoms with Crippen LogP contribution in [0.2, 0.25) is 0 Å². The predicted molar refractivity (Wildman–Crippen MR) is 141 cm³/mol. The smallest absolute Gasteiger partial charge is 0.248 e. The molecule has 0 spiro atoms. The number of hydrogen-bond acceptors (Lipinski definition) is 6. The highest BCUT2D eigenvalue weighted by atomic mass is 35.5. The minimum Gasteiger partial charge on any atom is -0.416 e. The third-order valence-electron chi connectivity index (χ3n) is 7.10. The summed E-state index contributed by atoms with van der Waals surface area (Å²) >= 11 is 0. The number of rotatable bonds is 5. The van der Waals surface area contributed by atoms with Crippen LogP contribution in [0.5, 0.6) is 0 Å². The van der Waals surface area contributed by atoms with Crippen molar-refractivity contribution < 1.29 is 9.21 Å². The molecule has 2 aliphatic heterocycles. The summed E-state index contributed by atoms with van der Waals surface area (Å²) in [4.78, 5) is 20.0. The zero-order valence-corrected chi connectivity index (χ0v) is 21.3. The van der Waals surface area contributed by atoms with E-state index in [0.717, 1.165) is 68.9 Å². The van der Waals surface area contributed by atoms with Crippen molar-refractivity contribution in [1.29, 1.82) is 0 Å². The number of benzene rings is 2. The quantitative estimate of drug-likeness (QED) is 0.515. The van der Waals surface area contributed by atoms with Gasteiger partial charge in [0.25, 0.3) is 0 Å². The molecule has 2 saturated heterocycles. The van der Waals surface area contributed by atoms with E-state index in [4.69, 9.17) is 4.42 Å². The lowest BCUT2D eigenvalue weighted by Crippen LogP contribution is -2.53. The Balaban J connectivity index is 0.00000289. The summed E-state index contributed by atoms with van der Waals surface area (Å²) < 4.78 is 5.94. The molecule has 2 aliphatic rings. The molecule has 0 radical (unpaired) electrons. The molecule has 0 bridgehead atoms. The molecule has 0 N–H and O–H groups in total. The molecule has 3 aromatic rings. The topological polar surface area (TPSA) is 65.7 Å². The Bertz CT molecular complexity index is 1100. The lowest BCUT2D eigenvalue weighted by atomic mass is 9.94. The number of carbonyl (C=O) groups excluding carboxylic acids is 1. The van der Waals surface area contributed by atoms with E-state index in [2.05, 4.69) is 50.9 Å². The zero-order valence-electron chi connectivity index (χ0n) is 20.5. The largest absolute Gasteiger partial charge is 0.416 e. The molecular formula is C27H34ClN5O2. The van der Waals surface area contributed by atoms with Gasteiger partial charge in [-0.3, -0.25) is 9.69 Å². The second-order valence-electron chi connectivity index (χ2n) is 9.55. The van der Waals surface area contributed by atoms with Gasteiger partial charge in [0, 0.05) is 68.0 Å². The first-order valence-electron chi connectivity index (χ1n) is 12.4. The van der Waals surface area contributed by atoms with Crippen LogP contribution in [0.1, 0.15) is 26.7 Å². The fourth-order valence-corrected chi connectivity index (χ4v) is 4.97. The number of aromatic nitrogens is 2. The third-order valence-corrected chi connectivity index (χ3v) is 7.10. The van der Waals surface area contributed by atoms with Gasteiger partial charge in [0.1, 0.15) is 0 Å². The summed E-state index contributed by atoms with van der Waals surface area (Å²) in [6.45, 7) is 9.89. The Kier molecular flexibility index (Phi) is 8.08. The molecule has 3 heterocycles. The Morgan fingerprint density at radius 2 is 1.49 bits per heavy atom. The van der Waals surface area contributed by atoms with Crippen molar-refractivity contribution >= 4 is 24.0 Å². The van der Waals surface area contributed by atoms with Gasteiger partial charge < -0.3 is 14.2 Å². The fraction of sp³-hybridized carbons (Fsp3) is 0.444. The van der Waals surface area contributed by atoms with Gasteiger partial charge in [-0.1, -0.05) is 24.3 Å².